The molecule has 2 aliphatic rings. The first-order chi connectivity index (χ1) is 17.1. The van der Waals surface area contributed by atoms with Crippen molar-refractivity contribution >= 4 is 23.4 Å². The second kappa shape index (κ2) is 11.6. The molecular formula is C24H27F3N4O5. The van der Waals surface area contributed by atoms with Gasteiger partial charge in [-0.25, -0.2) is 4.90 Å². The van der Waals surface area contributed by atoms with Crippen molar-refractivity contribution < 1.29 is 37.0 Å². The van der Waals surface area contributed by atoms with Crippen molar-refractivity contribution in [2.24, 2.45) is 0 Å². The molecule has 0 unspecified atom stereocenters. The lowest BCUT2D eigenvalue weighted by Crippen LogP contribution is -2.50. The second-order valence-corrected chi connectivity index (χ2v) is 8.41. The van der Waals surface area contributed by atoms with E-state index in [9.17, 15) is 27.6 Å². The van der Waals surface area contributed by atoms with Crippen LogP contribution in [0.1, 0.15) is 24.5 Å². The van der Waals surface area contributed by atoms with Crippen molar-refractivity contribution in [2.75, 3.05) is 64.6 Å². The Morgan fingerprint density at radius 2 is 1.81 bits per heavy atom. The maximum Gasteiger partial charge on any atom is 0.417 e. The molecular weight excluding hydrogens is 481 g/mol. The molecule has 2 aliphatic heterocycles. The molecule has 1 saturated heterocycles. The number of methoxy groups -OCH3 is 1. The number of amides is 3. The second-order valence-electron chi connectivity index (χ2n) is 8.41. The smallest absolute Gasteiger partial charge is 0.382 e. The zero-order valence-electron chi connectivity index (χ0n) is 20.1. The standard InChI is InChI=1S/C24H27F3N4O5/c1-16-19(5-6-29-7-9-30(10-8-29)21(32)15-36-12-11-35-2)23(34)31(22(16)33)18-4-3-17(14-28)20(13-18)24(25,26)27/h3-4,13H,5-12,15H2,1-2H3. The predicted octanol–water partition coefficient (Wildman–Crippen LogP) is 1.96. The van der Waals surface area contributed by atoms with E-state index in [4.69, 9.17) is 14.7 Å². The van der Waals surface area contributed by atoms with Gasteiger partial charge in [0, 0.05) is 51.0 Å². The summed E-state index contributed by atoms with van der Waals surface area (Å²) in [6, 6.07) is 4.25. The normalized spacial score (nSPS) is 17.2. The van der Waals surface area contributed by atoms with E-state index in [1.807, 2.05) is 0 Å². The van der Waals surface area contributed by atoms with Crippen molar-refractivity contribution in [3.63, 3.8) is 0 Å². The SMILES string of the molecule is COCCOCC(=O)N1CCN(CCC2=C(C)C(=O)N(c3ccc(C#N)c(C(F)(F)F)c3)C2=O)CC1. The monoisotopic (exact) mass is 508 g/mol. The van der Waals surface area contributed by atoms with Crippen molar-refractivity contribution in [1.29, 1.82) is 5.26 Å². The molecule has 9 nitrogen and oxygen atoms in total. The number of alkyl halides is 3. The van der Waals surface area contributed by atoms with Crippen LogP contribution in [0.15, 0.2) is 29.3 Å². The van der Waals surface area contributed by atoms with Crippen LogP contribution in [0.4, 0.5) is 18.9 Å². The first kappa shape index (κ1) is 27.3. The van der Waals surface area contributed by atoms with Crippen LogP contribution in [0.5, 0.6) is 0 Å². The minimum Gasteiger partial charge on any atom is -0.382 e. The Labute approximate surface area is 206 Å². The first-order valence-corrected chi connectivity index (χ1v) is 11.3. The van der Waals surface area contributed by atoms with Crippen molar-refractivity contribution in [3.8, 4) is 6.07 Å². The minimum absolute atomic E-state index is 0.0205. The molecule has 0 radical (unpaired) electrons. The van der Waals surface area contributed by atoms with Crippen LogP contribution in [0.25, 0.3) is 0 Å². The molecule has 1 fully saturated rings. The van der Waals surface area contributed by atoms with E-state index in [1.165, 1.54) is 13.0 Å². The van der Waals surface area contributed by atoms with Gasteiger partial charge in [-0.3, -0.25) is 19.3 Å². The van der Waals surface area contributed by atoms with Crippen LogP contribution >= 0.6 is 0 Å². The molecule has 0 N–H and O–H groups in total. The molecule has 0 aliphatic carbocycles. The molecule has 0 bridgehead atoms. The molecule has 3 rings (SSSR count). The van der Waals surface area contributed by atoms with Gasteiger partial charge in [0.05, 0.1) is 36.1 Å². The average molecular weight is 508 g/mol. The highest BCUT2D eigenvalue weighted by Gasteiger charge is 2.39. The molecule has 1 aromatic rings. The van der Waals surface area contributed by atoms with Gasteiger partial charge in [-0.15, -0.1) is 0 Å². The van der Waals surface area contributed by atoms with Crippen molar-refractivity contribution in [1.82, 2.24) is 9.80 Å². The first-order valence-electron chi connectivity index (χ1n) is 11.3. The summed E-state index contributed by atoms with van der Waals surface area (Å²) < 4.78 is 50.2. The van der Waals surface area contributed by atoms with Gasteiger partial charge in [0.25, 0.3) is 11.8 Å². The fraction of sp³-hybridized carbons (Fsp3) is 0.500. The number of rotatable bonds is 9. The van der Waals surface area contributed by atoms with E-state index in [-0.39, 0.29) is 35.8 Å². The zero-order valence-corrected chi connectivity index (χ0v) is 20.1. The largest absolute Gasteiger partial charge is 0.417 e. The summed E-state index contributed by atoms with van der Waals surface area (Å²) >= 11 is 0. The predicted molar refractivity (Wildman–Crippen MR) is 122 cm³/mol. The Kier molecular flexibility index (Phi) is 8.84. The lowest BCUT2D eigenvalue weighted by molar-refractivity contribution is -0.138. The lowest BCUT2D eigenvalue weighted by atomic mass is 10.1. The van der Waals surface area contributed by atoms with Crippen LogP contribution in [-0.4, -0.2) is 87.2 Å². The number of ether oxygens (including phenoxy) is 2. The summed E-state index contributed by atoms with van der Waals surface area (Å²) in [7, 11) is 1.55. The molecule has 1 aromatic carbocycles. The number of hydrogen-bond acceptors (Lipinski definition) is 7. The van der Waals surface area contributed by atoms with Gasteiger partial charge in [0.1, 0.15) is 6.61 Å². The Balaban J connectivity index is 1.59. The number of carbonyl (C=O) groups excluding carboxylic acids is 3. The summed E-state index contributed by atoms with van der Waals surface area (Å²) in [5.74, 6) is -1.47. The Bertz CT molecular complexity index is 1090. The molecule has 194 valence electrons. The molecule has 0 atom stereocenters. The maximum atomic E-state index is 13.4. The molecule has 0 saturated carbocycles. The van der Waals surface area contributed by atoms with Gasteiger partial charge in [-0.2, -0.15) is 18.4 Å². The Morgan fingerprint density at radius 3 is 2.42 bits per heavy atom. The van der Waals surface area contributed by atoms with Gasteiger partial charge < -0.3 is 14.4 Å². The number of imide groups is 1. The van der Waals surface area contributed by atoms with E-state index in [0.717, 1.165) is 17.0 Å². The Hall–Kier alpha value is -3.27. The van der Waals surface area contributed by atoms with Gasteiger partial charge in [0.15, 0.2) is 0 Å². The summed E-state index contributed by atoms with van der Waals surface area (Å²) in [5, 5.41) is 8.98. The third kappa shape index (κ3) is 6.10. The fourth-order valence-electron chi connectivity index (χ4n) is 4.10. The number of hydrogen-bond donors (Lipinski definition) is 0. The van der Waals surface area contributed by atoms with Gasteiger partial charge in [0.2, 0.25) is 5.91 Å². The molecule has 0 aromatic heterocycles. The average Bonchev–Trinajstić information content (AvgIpc) is 3.07. The highest BCUT2D eigenvalue weighted by molar-refractivity contribution is 6.32. The fourth-order valence-corrected chi connectivity index (χ4v) is 4.10. The number of nitriles is 1. The van der Waals surface area contributed by atoms with Crippen molar-refractivity contribution in [2.45, 2.75) is 19.5 Å². The number of benzene rings is 1. The molecule has 0 spiro atoms. The number of halogens is 3. The molecule has 2 heterocycles. The third-order valence-corrected chi connectivity index (χ3v) is 6.19. The summed E-state index contributed by atoms with van der Waals surface area (Å²) in [6.45, 7) is 4.79. The summed E-state index contributed by atoms with van der Waals surface area (Å²) in [6.07, 6.45) is -4.57. The molecule has 36 heavy (non-hydrogen) atoms. The summed E-state index contributed by atoms with van der Waals surface area (Å²) in [5.41, 5.74) is -1.60. The maximum absolute atomic E-state index is 13.4. The number of carbonyl (C=O) groups is 3. The summed E-state index contributed by atoms with van der Waals surface area (Å²) in [4.78, 5) is 42.5. The minimum atomic E-state index is -4.81. The highest BCUT2D eigenvalue weighted by Crippen LogP contribution is 2.36. The third-order valence-electron chi connectivity index (χ3n) is 6.19. The molecule has 12 heteroatoms. The van der Waals surface area contributed by atoms with E-state index >= 15 is 0 Å². The highest BCUT2D eigenvalue weighted by atomic mass is 19.4. The van der Waals surface area contributed by atoms with Crippen LogP contribution in [0, 0.1) is 11.3 Å². The van der Waals surface area contributed by atoms with Crippen LogP contribution in [0.3, 0.4) is 0 Å². The van der Waals surface area contributed by atoms with Gasteiger partial charge in [-0.1, -0.05) is 0 Å². The van der Waals surface area contributed by atoms with E-state index in [1.54, 1.807) is 12.0 Å². The van der Waals surface area contributed by atoms with Crippen LogP contribution < -0.4 is 4.90 Å². The molecule has 3 amide bonds. The topological polar surface area (TPSA) is 103 Å². The number of anilines is 1. The van der Waals surface area contributed by atoms with Gasteiger partial charge >= 0.3 is 6.18 Å². The van der Waals surface area contributed by atoms with Crippen LogP contribution in [0.2, 0.25) is 0 Å². The zero-order chi connectivity index (χ0) is 26.5. The van der Waals surface area contributed by atoms with E-state index in [2.05, 4.69) is 4.90 Å². The van der Waals surface area contributed by atoms with E-state index in [0.29, 0.717) is 52.0 Å². The van der Waals surface area contributed by atoms with Gasteiger partial charge in [-0.05, 0) is 31.5 Å². The Morgan fingerprint density at radius 1 is 1.11 bits per heavy atom. The van der Waals surface area contributed by atoms with Crippen LogP contribution in [-0.2, 0) is 30.0 Å². The lowest BCUT2D eigenvalue weighted by Gasteiger charge is -2.34. The quantitative estimate of drug-likeness (QED) is 0.371. The van der Waals surface area contributed by atoms with E-state index < -0.39 is 29.1 Å². The van der Waals surface area contributed by atoms with Crippen molar-refractivity contribution in [3.05, 3.63) is 40.5 Å². The number of piperazine rings is 1. The number of nitrogens with zero attached hydrogens (tertiary/aromatic N) is 4.